The number of piperidine rings is 1. The number of aryl methyl sites for hydroxylation is 1. The fraction of sp³-hybridized carbons (Fsp3) is 0.688. The first-order valence-electron chi connectivity index (χ1n) is 8.49. The first kappa shape index (κ1) is 19.7. The van der Waals surface area contributed by atoms with E-state index >= 15 is 0 Å². The van der Waals surface area contributed by atoms with Gasteiger partial charge in [0.1, 0.15) is 5.54 Å². The molecule has 0 unspecified atom stereocenters. The predicted octanol–water partition coefficient (Wildman–Crippen LogP) is 0.968. The minimum atomic E-state index is -0.717. The van der Waals surface area contributed by atoms with Crippen molar-refractivity contribution in [2.45, 2.75) is 39.2 Å². The summed E-state index contributed by atoms with van der Waals surface area (Å²) in [6.07, 6.45) is 1.17. The first-order chi connectivity index (χ1) is 12.3. The molecule has 2 aliphatic heterocycles. The quantitative estimate of drug-likeness (QED) is 0.620. The van der Waals surface area contributed by atoms with Crippen molar-refractivity contribution >= 4 is 24.4 Å². The topological polar surface area (TPSA) is 120 Å². The van der Waals surface area contributed by atoms with Gasteiger partial charge in [-0.2, -0.15) is 4.98 Å². The molecule has 26 heavy (non-hydrogen) atoms. The van der Waals surface area contributed by atoms with Crippen molar-refractivity contribution in [2.75, 3.05) is 31.6 Å². The van der Waals surface area contributed by atoms with E-state index in [-0.39, 0.29) is 18.4 Å². The monoisotopic (exact) mass is 367 g/mol. The maximum absolute atomic E-state index is 12.7. The molecule has 3 heterocycles. The smallest absolute Gasteiger partial charge is 0.327 e. The van der Waals surface area contributed by atoms with E-state index in [1.807, 2.05) is 4.90 Å². The molecule has 0 aromatic carbocycles. The van der Waals surface area contributed by atoms with Gasteiger partial charge < -0.3 is 19.4 Å². The van der Waals surface area contributed by atoms with Gasteiger partial charge in [0.25, 0.3) is 18.3 Å². The van der Waals surface area contributed by atoms with Crippen molar-refractivity contribution in [1.29, 1.82) is 0 Å². The number of hydrogen-bond donors (Lipinski definition) is 1. The molecular weight excluding hydrogens is 342 g/mol. The van der Waals surface area contributed by atoms with Crippen LogP contribution in [0.4, 0.5) is 10.7 Å². The summed E-state index contributed by atoms with van der Waals surface area (Å²) >= 11 is 0. The number of hydrogen-bond acceptors (Lipinski definition) is 7. The van der Waals surface area contributed by atoms with Gasteiger partial charge in [-0.3, -0.25) is 14.5 Å². The van der Waals surface area contributed by atoms with Gasteiger partial charge in [0.2, 0.25) is 5.89 Å². The lowest BCUT2D eigenvalue weighted by molar-refractivity contribution is -0.133. The number of imide groups is 1. The molecule has 1 N–H and O–H groups in total. The van der Waals surface area contributed by atoms with E-state index < -0.39 is 5.54 Å². The molecule has 2 aliphatic rings. The molecule has 1 aromatic rings. The minimum absolute atomic E-state index is 0.0907. The van der Waals surface area contributed by atoms with E-state index in [1.54, 1.807) is 18.9 Å². The highest BCUT2D eigenvalue weighted by Crippen LogP contribution is 2.37. The van der Waals surface area contributed by atoms with Gasteiger partial charge in [0, 0.05) is 33.6 Å². The Hall–Kier alpha value is -2.65. The highest BCUT2D eigenvalue weighted by molar-refractivity contribution is 6.06. The SMILES string of the molecule is Cc1nc(N2CCC3(CC2)C(=O)N(C)C(=O)N3CC(C)C)no1.O=CO. The minimum Gasteiger partial charge on any atom is -0.483 e. The molecule has 2 saturated heterocycles. The van der Waals surface area contributed by atoms with Crippen molar-refractivity contribution in [3.05, 3.63) is 5.89 Å². The molecule has 3 rings (SSSR count). The van der Waals surface area contributed by atoms with Crippen LogP contribution in [0.3, 0.4) is 0 Å². The van der Waals surface area contributed by atoms with Crippen LogP contribution in [0, 0.1) is 12.8 Å². The zero-order valence-corrected chi connectivity index (χ0v) is 15.5. The third kappa shape index (κ3) is 3.49. The van der Waals surface area contributed by atoms with Crippen LogP contribution in [-0.4, -0.2) is 75.7 Å². The van der Waals surface area contributed by atoms with Gasteiger partial charge in [0.15, 0.2) is 0 Å². The van der Waals surface area contributed by atoms with Gasteiger partial charge in [-0.1, -0.05) is 13.8 Å². The van der Waals surface area contributed by atoms with Crippen LogP contribution in [0.25, 0.3) is 0 Å². The largest absolute Gasteiger partial charge is 0.483 e. The molecule has 10 heteroatoms. The van der Waals surface area contributed by atoms with E-state index in [4.69, 9.17) is 14.4 Å². The van der Waals surface area contributed by atoms with Crippen molar-refractivity contribution < 1.29 is 24.0 Å². The standard InChI is InChI=1S/C15H23N5O3.CH2O2/c1-10(2)9-20-14(22)18(4)12(21)15(20)5-7-19(8-6-15)13-16-11(3)23-17-13;2-1-3/h10H,5-9H2,1-4H3;1H,(H,2,3). The summed E-state index contributed by atoms with van der Waals surface area (Å²) in [5.74, 6) is 1.30. The van der Waals surface area contributed by atoms with Crippen LogP contribution in [0.5, 0.6) is 0 Å². The number of carbonyl (C=O) groups is 3. The van der Waals surface area contributed by atoms with E-state index in [1.165, 1.54) is 4.90 Å². The average Bonchev–Trinajstić information content (AvgIpc) is 3.10. The Kier molecular flexibility index (Phi) is 5.83. The number of anilines is 1. The highest BCUT2D eigenvalue weighted by atomic mass is 16.5. The Morgan fingerprint density at radius 1 is 1.31 bits per heavy atom. The van der Waals surface area contributed by atoms with E-state index in [9.17, 15) is 9.59 Å². The summed E-state index contributed by atoms with van der Waals surface area (Å²) in [6, 6.07) is -0.187. The van der Waals surface area contributed by atoms with Crippen molar-refractivity contribution in [2.24, 2.45) is 5.92 Å². The molecular formula is C16H25N5O5. The number of nitrogens with zero attached hydrogens (tertiary/aromatic N) is 5. The summed E-state index contributed by atoms with van der Waals surface area (Å²) in [4.78, 5) is 42.8. The number of likely N-dealkylation sites (N-methyl/N-ethyl adjacent to an activating group) is 1. The van der Waals surface area contributed by atoms with Crippen LogP contribution in [0.2, 0.25) is 0 Å². The maximum atomic E-state index is 12.7. The van der Waals surface area contributed by atoms with Gasteiger partial charge in [-0.05, 0) is 23.9 Å². The summed E-state index contributed by atoms with van der Waals surface area (Å²) in [5, 5.41) is 10.8. The van der Waals surface area contributed by atoms with Crippen LogP contribution < -0.4 is 4.90 Å². The molecule has 0 aliphatic carbocycles. The number of carbonyl (C=O) groups excluding carboxylic acids is 2. The zero-order valence-electron chi connectivity index (χ0n) is 15.5. The Morgan fingerprint density at radius 2 is 1.88 bits per heavy atom. The maximum Gasteiger partial charge on any atom is 0.327 e. The third-order valence-corrected chi connectivity index (χ3v) is 4.68. The second-order valence-corrected chi connectivity index (χ2v) is 6.89. The lowest BCUT2D eigenvalue weighted by atomic mass is 9.85. The van der Waals surface area contributed by atoms with Crippen molar-refractivity contribution in [3.8, 4) is 0 Å². The van der Waals surface area contributed by atoms with Gasteiger partial charge in [-0.15, -0.1) is 0 Å². The molecule has 144 valence electrons. The molecule has 0 atom stereocenters. The first-order valence-corrected chi connectivity index (χ1v) is 8.49. The second kappa shape index (κ2) is 7.71. The molecule has 0 saturated carbocycles. The Morgan fingerprint density at radius 3 is 2.35 bits per heavy atom. The van der Waals surface area contributed by atoms with Gasteiger partial charge in [-0.25, -0.2) is 4.79 Å². The van der Waals surface area contributed by atoms with Crippen LogP contribution in [0.15, 0.2) is 4.52 Å². The molecule has 0 bridgehead atoms. The predicted molar refractivity (Wildman–Crippen MR) is 91.6 cm³/mol. The van der Waals surface area contributed by atoms with Crippen molar-refractivity contribution in [1.82, 2.24) is 19.9 Å². The number of urea groups is 1. The number of rotatable bonds is 3. The lowest BCUT2D eigenvalue weighted by Crippen LogP contribution is -2.57. The summed E-state index contributed by atoms with van der Waals surface area (Å²) in [7, 11) is 1.57. The van der Waals surface area contributed by atoms with Crippen molar-refractivity contribution in [3.63, 3.8) is 0 Å². The fourth-order valence-corrected chi connectivity index (χ4v) is 3.47. The number of carboxylic acid groups (broad SMARTS) is 1. The summed E-state index contributed by atoms with van der Waals surface area (Å²) in [6.45, 7) is 7.46. The van der Waals surface area contributed by atoms with E-state index in [0.717, 1.165) is 0 Å². The zero-order chi connectivity index (χ0) is 19.5. The van der Waals surface area contributed by atoms with Crippen LogP contribution in [-0.2, 0) is 9.59 Å². The molecule has 0 radical (unpaired) electrons. The van der Waals surface area contributed by atoms with Crippen LogP contribution in [0.1, 0.15) is 32.6 Å². The summed E-state index contributed by atoms with van der Waals surface area (Å²) < 4.78 is 5.02. The lowest BCUT2D eigenvalue weighted by Gasteiger charge is -2.42. The fourth-order valence-electron chi connectivity index (χ4n) is 3.47. The molecule has 1 aromatic heterocycles. The van der Waals surface area contributed by atoms with Gasteiger partial charge in [0.05, 0.1) is 0 Å². The molecule has 1 spiro atoms. The summed E-state index contributed by atoms with van der Waals surface area (Å²) in [5.41, 5.74) is -0.717. The third-order valence-electron chi connectivity index (χ3n) is 4.68. The Labute approximate surface area is 151 Å². The van der Waals surface area contributed by atoms with E-state index in [2.05, 4.69) is 24.0 Å². The molecule has 3 amide bonds. The molecule has 10 nitrogen and oxygen atoms in total. The average molecular weight is 367 g/mol. The Bertz CT molecular complexity index is 666. The normalized spacial score (nSPS) is 19.2. The highest BCUT2D eigenvalue weighted by Gasteiger charge is 2.56. The Balaban J connectivity index is 0.000000758. The number of amides is 3. The molecule has 2 fully saturated rings. The van der Waals surface area contributed by atoms with Crippen LogP contribution >= 0.6 is 0 Å². The second-order valence-electron chi connectivity index (χ2n) is 6.89. The van der Waals surface area contributed by atoms with Gasteiger partial charge >= 0.3 is 6.03 Å². The number of aromatic nitrogens is 2. The van der Waals surface area contributed by atoms with E-state index in [0.29, 0.717) is 50.2 Å².